The third-order valence-electron chi connectivity index (χ3n) is 1.96. The molecule has 0 aromatic carbocycles. The number of hydrogen-bond donors (Lipinski definition) is 2. The predicted molar refractivity (Wildman–Crippen MR) is 68.9 cm³/mol. The monoisotopic (exact) mass is 288 g/mol. The van der Waals surface area contributed by atoms with Gasteiger partial charge in [-0.15, -0.1) is 23.2 Å². The standard InChI is InChI=1S/C11H22Cl2O4/c1-11(2,7-16-5-9(14)3-12)8-17-6-10(15)4-13/h9-10,14-15H,3-8H2,1-2H3. The molecule has 2 N–H and O–H groups in total. The van der Waals surface area contributed by atoms with Crippen LogP contribution in [0.3, 0.4) is 0 Å². The smallest absolute Gasteiger partial charge is 0.0908 e. The van der Waals surface area contributed by atoms with E-state index in [1.165, 1.54) is 0 Å². The molecule has 0 rings (SSSR count). The molecule has 104 valence electrons. The summed E-state index contributed by atoms with van der Waals surface area (Å²) in [5.41, 5.74) is -0.182. The summed E-state index contributed by atoms with van der Waals surface area (Å²) in [7, 11) is 0. The number of alkyl halides is 2. The van der Waals surface area contributed by atoms with Gasteiger partial charge in [-0.3, -0.25) is 0 Å². The van der Waals surface area contributed by atoms with Crippen molar-refractivity contribution in [3.05, 3.63) is 0 Å². The van der Waals surface area contributed by atoms with Crippen molar-refractivity contribution in [2.45, 2.75) is 26.1 Å². The fraction of sp³-hybridized carbons (Fsp3) is 1.00. The van der Waals surface area contributed by atoms with Gasteiger partial charge in [0, 0.05) is 5.41 Å². The van der Waals surface area contributed by atoms with Gasteiger partial charge in [0.1, 0.15) is 0 Å². The van der Waals surface area contributed by atoms with Crippen LogP contribution in [-0.2, 0) is 9.47 Å². The van der Waals surface area contributed by atoms with Gasteiger partial charge < -0.3 is 19.7 Å². The Morgan fingerprint density at radius 1 is 0.941 bits per heavy atom. The summed E-state index contributed by atoms with van der Waals surface area (Å²) in [5.74, 6) is 0.331. The van der Waals surface area contributed by atoms with Crippen LogP contribution in [-0.4, -0.2) is 60.6 Å². The van der Waals surface area contributed by atoms with Crippen LogP contribution in [0.2, 0.25) is 0 Å². The zero-order chi connectivity index (χ0) is 13.3. The van der Waals surface area contributed by atoms with Crippen LogP contribution in [0.1, 0.15) is 13.8 Å². The molecular weight excluding hydrogens is 267 g/mol. The van der Waals surface area contributed by atoms with Crippen LogP contribution in [0.25, 0.3) is 0 Å². The number of halogens is 2. The van der Waals surface area contributed by atoms with E-state index in [9.17, 15) is 10.2 Å². The molecule has 0 bridgehead atoms. The Kier molecular flexibility index (Phi) is 9.59. The van der Waals surface area contributed by atoms with Crippen LogP contribution in [0, 0.1) is 5.41 Å². The highest BCUT2D eigenvalue weighted by molar-refractivity contribution is 6.18. The second kappa shape index (κ2) is 9.36. The highest BCUT2D eigenvalue weighted by Gasteiger charge is 2.19. The van der Waals surface area contributed by atoms with E-state index >= 15 is 0 Å². The molecule has 0 aromatic rings. The van der Waals surface area contributed by atoms with Crippen molar-refractivity contribution in [3.63, 3.8) is 0 Å². The van der Waals surface area contributed by atoms with Gasteiger partial charge in [-0.1, -0.05) is 13.8 Å². The average molecular weight is 289 g/mol. The van der Waals surface area contributed by atoms with Crippen molar-refractivity contribution in [1.29, 1.82) is 0 Å². The van der Waals surface area contributed by atoms with E-state index in [0.717, 1.165) is 0 Å². The van der Waals surface area contributed by atoms with Crippen LogP contribution in [0.4, 0.5) is 0 Å². The minimum atomic E-state index is -0.633. The Morgan fingerprint density at radius 2 is 1.29 bits per heavy atom. The maximum Gasteiger partial charge on any atom is 0.0908 e. The second-order valence-corrected chi connectivity index (χ2v) is 5.43. The largest absolute Gasteiger partial charge is 0.389 e. The van der Waals surface area contributed by atoms with E-state index < -0.39 is 12.2 Å². The van der Waals surface area contributed by atoms with Crippen LogP contribution >= 0.6 is 23.2 Å². The zero-order valence-electron chi connectivity index (χ0n) is 10.4. The summed E-state index contributed by atoms with van der Waals surface area (Å²) in [6, 6.07) is 0. The fourth-order valence-corrected chi connectivity index (χ4v) is 1.25. The maximum atomic E-state index is 9.20. The van der Waals surface area contributed by atoms with Gasteiger partial charge in [0.15, 0.2) is 0 Å². The molecule has 17 heavy (non-hydrogen) atoms. The van der Waals surface area contributed by atoms with Gasteiger partial charge >= 0.3 is 0 Å². The van der Waals surface area contributed by atoms with E-state index in [1.807, 2.05) is 13.8 Å². The highest BCUT2D eigenvalue weighted by Crippen LogP contribution is 2.16. The van der Waals surface area contributed by atoms with Crippen molar-refractivity contribution < 1.29 is 19.7 Å². The molecule has 0 amide bonds. The lowest BCUT2D eigenvalue weighted by molar-refractivity contribution is -0.0399. The predicted octanol–water partition coefficient (Wildman–Crippen LogP) is 1.25. The molecule has 0 aliphatic rings. The molecule has 0 aliphatic carbocycles. The van der Waals surface area contributed by atoms with Gasteiger partial charge in [0.25, 0.3) is 0 Å². The molecule has 0 saturated heterocycles. The van der Waals surface area contributed by atoms with E-state index in [4.69, 9.17) is 32.7 Å². The molecule has 6 heteroatoms. The first-order valence-electron chi connectivity index (χ1n) is 5.55. The number of ether oxygens (including phenoxy) is 2. The lowest BCUT2D eigenvalue weighted by atomic mass is 9.96. The summed E-state index contributed by atoms with van der Waals surface area (Å²) in [5, 5.41) is 18.4. The topological polar surface area (TPSA) is 58.9 Å². The Balaban J connectivity index is 3.65. The van der Waals surface area contributed by atoms with E-state index in [-0.39, 0.29) is 30.4 Å². The van der Waals surface area contributed by atoms with Crippen molar-refractivity contribution in [2.75, 3.05) is 38.2 Å². The SMILES string of the molecule is CC(C)(COCC(O)CCl)COCC(O)CCl. The van der Waals surface area contributed by atoms with Crippen molar-refractivity contribution in [3.8, 4) is 0 Å². The Hall–Kier alpha value is 0.420. The van der Waals surface area contributed by atoms with Crippen molar-refractivity contribution in [1.82, 2.24) is 0 Å². The first-order valence-corrected chi connectivity index (χ1v) is 6.61. The van der Waals surface area contributed by atoms with Crippen molar-refractivity contribution >= 4 is 23.2 Å². The molecular formula is C11H22Cl2O4. The third kappa shape index (κ3) is 10.1. The number of hydrogen-bond acceptors (Lipinski definition) is 4. The van der Waals surface area contributed by atoms with Gasteiger partial charge in [0.2, 0.25) is 0 Å². The highest BCUT2D eigenvalue weighted by atomic mass is 35.5. The third-order valence-corrected chi connectivity index (χ3v) is 2.67. The van der Waals surface area contributed by atoms with Crippen LogP contribution in [0.5, 0.6) is 0 Å². The number of aliphatic hydroxyl groups is 2. The lowest BCUT2D eigenvalue weighted by Gasteiger charge is -2.25. The molecule has 0 heterocycles. The summed E-state index contributed by atoms with van der Waals surface area (Å²) in [6.07, 6.45) is -1.27. The minimum absolute atomic E-state index is 0.166. The van der Waals surface area contributed by atoms with Gasteiger partial charge in [0.05, 0.1) is 50.4 Å². The molecule has 2 unspecified atom stereocenters. The van der Waals surface area contributed by atoms with Crippen molar-refractivity contribution in [2.24, 2.45) is 5.41 Å². The Bertz CT molecular complexity index is 172. The molecule has 0 radical (unpaired) electrons. The Morgan fingerprint density at radius 3 is 1.59 bits per heavy atom. The zero-order valence-corrected chi connectivity index (χ0v) is 11.9. The summed E-state index contributed by atoms with van der Waals surface area (Å²) in [4.78, 5) is 0. The lowest BCUT2D eigenvalue weighted by Crippen LogP contribution is -2.30. The van der Waals surface area contributed by atoms with Crippen LogP contribution in [0.15, 0.2) is 0 Å². The first-order chi connectivity index (χ1) is 7.91. The molecule has 2 atom stereocenters. The maximum absolute atomic E-state index is 9.20. The van der Waals surface area contributed by atoms with Crippen LogP contribution < -0.4 is 0 Å². The minimum Gasteiger partial charge on any atom is -0.389 e. The molecule has 0 fully saturated rings. The number of aliphatic hydroxyl groups excluding tert-OH is 2. The average Bonchev–Trinajstić information content (AvgIpc) is 2.27. The van der Waals surface area contributed by atoms with Gasteiger partial charge in [-0.2, -0.15) is 0 Å². The molecule has 0 aromatic heterocycles. The number of rotatable bonds is 10. The van der Waals surface area contributed by atoms with Gasteiger partial charge in [-0.05, 0) is 0 Å². The summed E-state index contributed by atoms with van der Waals surface area (Å²) < 4.78 is 10.7. The van der Waals surface area contributed by atoms with E-state index in [2.05, 4.69) is 0 Å². The molecule has 0 saturated carbocycles. The second-order valence-electron chi connectivity index (χ2n) is 4.81. The summed E-state index contributed by atoms with van der Waals surface area (Å²) in [6.45, 7) is 5.31. The first kappa shape index (κ1) is 17.4. The quantitative estimate of drug-likeness (QED) is 0.594. The molecule has 0 aliphatic heterocycles. The van der Waals surface area contributed by atoms with Gasteiger partial charge in [-0.25, -0.2) is 0 Å². The normalized spacial score (nSPS) is 15.9. The fourth-order valence-electron chi connectivity index (χ4n) is 1.07. The van der Waals surface area contributed by atoms with E-state index in [1.54, 1.807) is 0 Å². The molecule has 0 spiro atoms. The summed E-state index contributed by atoms with van der Waals surface area (Å²) >= 11 is 10.9. The Labute approximate surface area is 113 Å². The molecule has 4 nitrogen and oxygen atoms in total. The van der Waals surface area contributed by atoms with E-state index in [0.29, 0.717) is 13.2 Å².